The second-order valence-electron chi connectivity index (χ2n) is 4.82. The van der Waals surface area contributed by atoms with Gasteiger partial charge in [0.05, 0.1) is 6.61 Å². The molecule has 1 aliphatic carbocycles. The number of carbonyl (C=O) groups is 1. The zero-order valence-corrected chi connectivity index (χ0v) is 12.6. The first-order valence-corrected chi connectivity index (χ1v) is 8.34. The van der Waals surface area contributed by atoms with E-state index in [4.69, 9.17) is 4.74 Å². The molecule has 1 saturated carbocycles. The lowest BCUT2D eigenvalue weighted by atomic mass is 10.2. The van der Waals surface area contributed by atoms with Crippen LogP contribution in [0, 0.1) is 0 Å². The zero-order chi connectivity index (χ0) is 13.2. The minimum absolute atomic E-state index is 0.0852. The summed E-state index contributed by atoms with van der Waals surface area (Å²) >= 11 is 2.03. The number of ether oxygens (including phenoxy) is 1. The van der Waals surface area contributed by atoms with Gasteiger partial charge in [-0.1, -0.05) is 19.8 Å². The maximum Gasteiger partial charge on any atom is 0.323 e. The van der Waals surface area contributed by atoms with Gasteiger partial charge in [-0.05, 0) is 44.9 Å². The number of hydrogen-bond donors (Lipinski definition) is 1. The molecule has 0 aromatic rings. The molecule has 0 spiro atoms. The third-order valence-corrected chi connectivity index (χ3v) is 4.69. The first kappa shape index (κ1) is 15.8. The number of nitrogens with one attached hydrogen (secondary N) is 1. The molecule has 0 radical (unpaired) electrons. The first-order chi connectivity index (χ1) is 8.77. The maximum atomic E-state index is 11.8. The molecule has 1 atom stereocenters. The number of esters is 1. The van der Waals surface area contributed by atoms with E-state index in [2.05, 4.69) is 12.2 Å². The van der Waals surface area contributed by atoms with Crippen LogP contribution in [0.3, 0.4) is 0 Å². The molecule has 0 heterocycles. The lowest BCUT2D eigenvalue weighted by Gasteiger charge is -2.17. The van der Waals surface area contributed by atoms with Crippen LogP contribution < -0.4 is 5.32 Å². The van der Waals surface area contributed by atoms with Gasteiger partial charge >= 0.3 is 5.97 Å². The molecule has 1 N–H and O–H groups in total. The Bertz CT molecular complexity index is 230. The van der Waals surface area contributed by atoms with Crippen molar-refractivity contribution in [2.24, 2.45) is 0 Å². The van der Waals surface area contributed by atoms with Crippen LogP contribution in [0.1, 0.15) is 52.4 Å². The molecule has 0 aromatic carbocycles. The largest absolute Gasteiger partial charge is 0.465 e. The van der Waals surface area contributed by atoms with Crippen LogP contribution in [-0.2, 0) is 9.53 Å². The Balaban J connectivity index is 2.23. The molecule has 0 saturated heterocycles. The van der Waals surface area contributed by atoms with Crippen molar-refractivity contribution >= 4 is 17.7 Å². The minimum Gasteiger partial charge on any atom is -0.465 e. The van der Waals surface area contributed by atoms with Crippen LogP contribution in [0.15, 0.2) is 0 Å². The van der Waals surface area contributed by atoms with Crippen molar-refractivity contribution in [3.8, 4) is 0 Å². The van der Waals surface area contributed by atoms with Gasteiger partial charge in [-0.15, -0.1) is 0 Å². The molecular weight excluding hydrogens is 246 g/mol. The molecule has 106 valence electrons. The van der Waals surface area contributed by atoms with Crippen LogP contribution in [0.25, 0.3) is 0 Å². The highest BCUT2D eigenvalue weighted by Crippen LogP contribution is 2.29. The number of hydrogen-bond acceptors (Lipinski definition) is 4. The van der Waals surface area contributed by atoms with Gasteiger partial charge in [-0.2, -0.15) is 11.8 Å². The fourth-order valence-electron chi connectivity index (χ4n) is 2.27. The van der Waals surface area contributed by atoms with Gasteiger partial charge in [0.1, 0.15) is 6.04 Å². The first-order valence-electron chi connectivity index (χ1n) is 7.29. The lowest BCUT2D eigenvalue weighted by molar-refractivity contribution is -0.145. The fraction of sp³-hybridized carbons (Fsp3) is 0.929. The monoisotopic (exact) mass is 273 g/mol. The van der Waals surface area contributed by atoms with Gasteiger partial charge in [0.15, 0.2) is 0 Å². The Hall–Kier alpha value is -0.220. The topological polar surface area (TPSA) is 38.3 Å². The molecular formula is C14H27NO2S. The van der Waals surface area contributed by atoms with Gasteiger partial charge in [-0.25, -0.2) is 0 Å². The molecule has 0 amide bonds. The molecule has 1 aliphatic rings. The van der Waals surface area contributed by atoms with Crippen molar-refractivity contribution in [2.45, 2.75) is 63.7 Å². The smallest absolute Gasteiger partial charge is 0.323 e. The summed E-state index contributed by atoms with van der Waals surface area (Å²) in [5, 5.41) is 4.12. The van der Waals surface area contributed by atoms with Crippen LogP contribution in [0.5, 0.6) is 0 Å². The van der Waals surface area contributed by atoms with Gasteiger partial charge < -0.3 is 10.1 Å². The second-order valence-corrected chi connectivity index (χ2v) is 6.23. The maximum absolute atomic E-state index is 11.8. The van der Waals surface area contributed by atoms with E-state index in [1.165, 1.54) is 25.7 Å². The fourth-order valence-corrected chi connectivity index (χ4v) is 3.64. The Morgan fingerprint density at radius 3 is 2.72 bits per heavy atom. The highest BCUT2D eigenvalue weighted by molar-refractivity contribution is 7.99. The van der Waals surface area contributed by atoms with Crippen LogP contribution in [-0.4, -0.2) is 36.2 Å². The van der Waals surface area contributed by atoms with Crippen molar-refractivity contribution in [3.05, 3.63) is 0 Å². The summed E-state index contributed by atoms with van der Waals surface area (Å²) < 4.78 is 5.11. The van der Waals surface area contributed by atoms with Crippen molar-refractivity contribution in [3.63, 3.8) is 0 Å². The Kier molecular flexibility index (Phi) is 8.51. The SMILES string of the molecule is CCCNC(CCSC1CCCC1)C(=O)OCC. The van der Waals surface area contributed by atoms with Crippen LogP contribution in [0.4, 0.5) is 0 Å². The van der Waals surface area contributed by atoms with E-state index in [9.17, 15) is 4.79 Å². The summed E-state index contributed by atoms with van der Waals surface area (Å²) in [6, 6.07) is -0.112. The summed E-state index contributed by atoms with van der Waals surface area (Å²) in [7, 11) is 0. The molecule has 18 heavy (non-hydrogen) atoms. The predicted molar refractivity (Wildman–Crippen MR) is 78.0 cm³/mol. The normalized spacial score (nSPS) is 17.9. The highest BCUT2D eigenvalue weighted by Gasteiger charge is 2.20. The standard InChI is InChI=1S/C14H27NO2S/c1-3-10-15-13(14(16)17-4-2)9-11-18-12-7-5-6-8-12/h12-13,15H,3-11H2,1-2H3. The Morgan fingerprint density at radius 1 is 1.39 bits per heavy atom. The van der Waals surface area contributed by atoms with Crippen molar-refractivity contribution in [1.82, 2.24) is 5.32 Å². The molecule has 0 aromatic heterocycles. The van der Waals surface area contributed by atoms with Gasteiger partial charge in [0.2, 0.25) is 0 Å². The third-order valence-electron chi connectivity index (χ3n) is 3.27. The summed E-state index contributed by atoms with van der Waals surface area (Å²) in [6.07, 6.45) is 7.42. The molecule has 4 heteroatoms. The molecule has 0 bridgehead atoms. The molecule has 1 unspecified atom stereocenters. The number of carbonyl (C=O) groups excluding carboxylic acids is 1. The van der Waals surface area contributed by atoms with Crippen molar-refractivity contribution in [2.75, 3.05) is 18.9 Å². The Labute approximate surface area is 115 Å². The van der Waals surface area contributed by atoms with Crippen LogP contribution in [0.2, 0.25) is 0 Å². The van der Waals surface area contributed by atoms with E-state index in [0.29, 0.717) is 6.61 Å². The molecule has 1 fully saturated rings. The number of thioether (sulfide) groups is 1. The predicted octanol–water partition coefficient (Wildman–Crippen LogP) is 2.98. The molecule has 1 rings (SSSR count). The highest BCUT2D eigenvalue weighted by atomic mass is 32.2. The van der Waals surface area contributed by atoms with Crippen molar-refractivity contribution < 1.29 is 9.53 Å². The quantitative estimate of drug-likeness (QED) is 0.655. The molecule has 0 aliphatic heterocycles. The van der Waals surface area contributed by atoms with E-state index < -0.39 is 0 Å². The van der Waals surface area contributed by atoms with Gasteiger partial charge in [0.25, 0.3) is 0 Å². The second kappa shape index (κ2) is 9.68. The van der Waals surface area contributed by atoms with E-state index in [-0.39, 0.29) is 12.0 Å². The van der Waals surface area contributed by atoms with E-state index in [0.717, 1.165) is 30.4 Å². The van der Waals surface area contributed by atoms with E-state index >= 15 is 0 Å². The third kappa shape index (κ3) is 6.10. The van der Waals surface area contributed by atoms with Gasteiger partial charge in [-0.3, -0.25) is 4.79 Å². The summed E-state index contributed by atoms with van der Waals surface area (Å²) in [4.78, 5) is 11.8. The zero-order valence-electron chi connectivity index (χ0n) is 11.7. The minimum atomic E-state index is -0.112. The van der Waals surface area contributed by atoms with Crippen LogP contribution >= 0.6 is 11.8 Å². The lowest BCUT2D eigenvalue weighted by Crippen LogP contribution is -2.39. The van der Waals surface area contributed by atoms with Gasteiger partial charge in [0, 0.05) is 5.25 Å². The summed E-state index contributed by atoms with van der Waals surface area (Å²) in [5.74, 6) is 0.975. The van der Waals surface area contributed by atoms with Crippen molar-refractivity contribution in [1.29, 1.82) is 0 Å². The number of rotatable bonds is 9. The summed E-state index contributed by atoms with van der Waals surface area (Å²) in [5.41, 5.74) is 0. The molecule has 3 nitrogen and oxygen atoms in total. The van der Waals surface area contributed by atoms with E-state index in [1.54, 1.807) is 0 Å². The average molecular weight is 273 g/mol. The summed E-state index contributed by atoms with van der Waals surface area (Å²) in [6.45, 7) is 5.33. The van der Waals surface area contributed by atoms with E-state index in [1.807, 2.05) is 18.7 Å². The average Bonchev–Trinajstić information content (AvgIpc) is 2.86. The Morgan fingerprint density at radius 2 is 2.11 bits per heavy atom.